The predicted octanol–water partition coefficient (Wildman–Crippen LogP) is 1.59. The van der Waals surface area contributed by atoms with Crippen molar-refractivity contribution in [2.24, 2.45) is 0 Å². The summed E-state index contributed by atoms with van der Waals surface area (Å²) in [4.78, 5) is 3.98. The van der Waals surface area contributed by atoms with Gasteiger partial charge in [-0.05, 0) is 13.0 Å². The highest BCUT2D eigenvalue weighted by Crippen LogP contribution is 2.10. The third kappa shape index (κ3) is 4.73. The standard InChI is InChI=1S/C10H15ClN2OS/c1-8(7-15(2)14)13-6-9-4-3-5-12-10(9)11/h3-5,8,13H,6-7H2,1-2H3. The fourth-order valence-corrected chi connectivity index (χ4v) is 2.25. The van der Waals surface area contributed by atoms with Crippen LogP contribution in [0.3, 0.4) is 0 Å². The maximum atomic E-state index is 11.0. The van der Waals surface area contributed by atoms with Crippen molar-refractivity contribution < 1.29 is 4.21 Å². The van der Waals surface area contributed by atoms with Crippen LogP contribution in [0.4, 0.5) is 0 Å². The van der Waals surface area contributed by atoms with Crippen LogP contribution < -0.4 is 5.32 Å². The number of hydrogen-bond donors (Lipinski definition) is 1. The number of nitrogens with one attached hydrogen (secondary N) is 1. The van der Waals surface area contributed by atoms with Crippen molar-refractivity contribution in [2.45, 2.75) is 19.5 Å². The van der Waals surface area contributed by atoms with E-state index in [0.29, 0.717) is 17.5 Å². The normalized spacial score (nSPS) is 14.9. The number of halogens is 1. The van der Waals surface area contributed by atoms with E-state index < -0.39 is 10.8 Å². The summed E-state index contributed by atoms with van der Waals surface area (Å²) in [5.41, 5.74) is 0.966. The van der Waals surface area contributed by atoms with Gasteiger partial charge in [0.15, 0.2) is 0 Å². The van der Waals surface area contributed by atoms with Crippen LogP contribution in [-0.4, -0.2) is 27.2 Å². The van der Waals surface area contributed by atoms with E-state index in [1.807, 2.05) is 19.1 Å². The Morgan fingerprint density at radius 1 is 1.67 bits per heavy atom. The minimum Gasteiger partial charge on any atom is -0.309 e. The molecule has 0 aromatic carbocycles. The Balaban J connectivity index is 2.43. The van der Waals surface area contributed by atoms with Gasteiger partial charge in [-0.15, -0.1) is 0 Å². The van der Waals surface area contributed by atoms with Crippen molar-refractivity contribution in [3.05, 3.63) is 29.0 Å². The summed E-state index contributed by atoms with van der Waals surface area (Å²) in [6, 6.07) is 4.00. The Bertz CT molecular complexity index is 346. The molecule has 0 amide bonds. The van der Waals surface area contributed by atoms with Gasteiger partial charge in [0.1, 0.15) is 5.15 Å². The number of pyridine rings is 1. The molecule has 1 heterocycles. The van der Waals surface area contributed by atoms with Gasteiger partial charge in [0.25, 0.3) is 0 Å². The largest absolute Gasteiger partial charge is 0.309 e. The summed E-state index contributed by atoms with van der Waals surface area (Å²) < 4.78 is 11.0. The molecule has 0 saturated carbocycles. The molecule has 0 fully saturated rings. The van der Waals surface area contributed by atoms with Crippen molar-refractivity contribution in [3.8, 4) is 0 Å². The molecule has 0 radical (unpaired) electrons. The molecule has 3 nitrogen and oxygen atoms in total. The third-order valence-electron chi connectivity index (χ3n) is 1.96. The van der Waals surface area contributed by atoms with Gasteiger partial charge in [0.2, 0.25) is 0 Å². The van der Waals surface area contributed by atoms with Crippen molar-refractivity contribution in [3.63, 3.8) is 0 Å². The summed E-state index contributed by atoms with van der Waals surface area (Å²) in [5, 5.41) is 3.78. The van der Waals surface area contributed by atoms with Gasteiger partial charge in [-0.2, -0.15) is 0 Å². The van der Waals surface area contributed by atoms with Gasteiger partial charge in [0, 0.05) is 47.2 Å². The quantitative estimate of drug-likeness (QED) is 0.803. The van der Waals surface area contributed by atoms with Gasteiger partial charge >= 0.3 is 0 Å². The van der Waals surface area contributed by atoms with Gasteiger partial charge in [0.05, 0.1) is 0 Å². The summed E-state index contributed by atoms with van der Waals surface area (Å²) in [6.45, 7) is 2.66. The van der Waals surface area contributed by atoms with Crippen LogP contribution in [-0.2, 0) is 17.3 Å². The number of hydrogen-bond acceptors (Lipinski definition) is 3. The van der Waals surface area contributed by atoms with E-state index in [2.05, 4.69) is 10.3 Å². The second-order valence-electron chi connectivity index (χ2n) is 3.48. The van der Waals surface area contributed by atoms with Gasteiger partial charge in [-0.25, -0.2) is 4.98 Å². The Morgan fingerprint density at radius 3 is 3.00 bits per heavy atom. The zero-order chi connectivity index (χ0) is 11.3. The van der Waals surface area contributed by atoms with Crippen LogP contribution in [0.1, 0.15) is 12.5 Å². The van der Waals surface area contributed by atoms with E-state index in [0.717, 1.165) is 5.56 Å². The summed E-state index contributed by atoms with van der Waals surface area (Å²) in [6.07, 6.45) is 3.37. The smallest absolute Gasteiger partial charge is 0.133 e. The van der Waals surface area contributed by atoms with E-state index >= 15 is 0 Å². The molecule has 1 aromatic heterocycles. The minimum atomic E-state index is -0.770. The van der Waals surface area contributed by atoms with Crippen molar-refractivity contribution >= 4 is 22.4 Å². The Hall–Kier alpha value is -0.450. The molecule has 0 aliphatic carbocycles. The highest BCUT2D eigenvalue weighted by Gasteiger charge is 2.05. The first-order valence-electron chi connectivity index (χ1n) is 4.72. The molecule has 1 rings (SSSR count). The zero-order valence-electron chi connectivity index (χ0n) is 8.87. The van der Waals surface area contributed by atoms with E-state index in [9.17, 15) is 4.21 Å². The first kappa shape index (κ1) is 12.6. The van der Waals surface area contributed by atoms with Crippen LogP contribution in [0.25, 0.3) is 0 Å². The lowest BCUT2D eigenvalue weighted by atomic mass is 10.2. The minimum absolute atomic E-state index is 0.215. The van der Waals surface area contributed by atoms with Crippen LogP contribution in [0.5, 0.6) is 0 Å². The highest BCUT2D eigenvalue weighted by atomic mass is 35.5. The molecule has 2 unspecified atom stereocenters. The molecule has 2 atom stereocenters. The van der Waals surface area contributed by atoms with Crippen LogP contribution in [0.15, 0.2) is 18.3 Å². The molecule has 0 aliphatic heterocycles. The maximum absolute atomic E-state index is 11.0. The van der Waals surface area contributed by atoms with E-state index in [4.69, 9.17) is 11.6 Å². The van der Waals surface area contributed by atoms with E-state index in [1.54, 1.807) is 12.5 Å². The predicted molar refractivity (Wildman–Crippen MR) is 64.5 cm³/mol. The lowest BCUT2D eigenvalue weighted by molar-refractivity contribution is 0.586. The molecule has 0 bridgehead atoms. The molecule has 0 spiro atoms. The highest BCUT2D eigenvalue weighted by molar-refractivity contribution is 7.84. The van der Waals surface area contributed by atoms with Gasteiger partial charge in [-0.1, -0.05) is 17.7 Å². The summed E-state index contributed by atoms with van der Waals surface area (Å²) in [5.74, 6) is 0.651. The van der Waals surface area contributed by atoms with Gasteiger partial charge in [-0.3, -0.25) is 4.21 Å². The van der Waals surface area contributed by atoms with Crippen LogP contribution >= 0.6 is 11.6 Å². The molecule has 0 aliphatic rings. The molecule has 1 aromatic rings. The third-order valence-corrected chi connectivity index (χ3v) is 3.27. The summed E-state index contributed by atoms with van der Waals surface area (Å²) >= 11 is 5.90. The zero-order valence-corrected chi connectivity index (χ0v) is 10.4. The summed E-state index contributed by atoms with van der Waals surface area (Å²) in [7, 11) is -0.770. The maximum Gasteiger partial charge on any atom is 0.133 e. The lowest BCUT2D eigenvalue weighted by Gasteiger charge is -2.12. The second kappa shape index (κ2) is 6.20. The first-order chi connectivity index (χ1) is 7.09. The molecule has 5 heteroatoms. The fraction of sp³-hybridized carbons (Fsp3) is 0.500. The Kier molecular flexibility index (Phi) is 5.22. The molecule has 84 valence electrons. The van der Waals surface area contributed by atoms with E-state index in [-0.39, 0.29) is 6.04 Å². The average molecular weight is 247 g/mol. The first-order valence-corrected chi connectivity index (χ1v) is 6.83. The molecule has 0 saturated heterocycles. The number of rotatable bonds is 5. The van der Waals surface area contributed by atoms with Crippen LogP contribution in [0, 0.1) is 0 Å². The van der Waals surface area contributed by atoms with Crippen molar-refractivity contribution in [1.29, 1.82) is 0 Å². The Labute approximate surface area is 97.7 Å². The number of nitrogens with zero attached hydrogens (tertiary/aromatic N) is 1. The van der Waals surface area contributed by atoms with E-state index in [1.165, 1.54) is 0 Å². The Morgan fingerprint density at radius 2 is 2.40 bits per heavy atom. The van der Waals surface area contributed by atoms with Crippen molar-refractivity contribution in [1.82, 2.24) is 10.3 Å². The SMILES string of the molecule is CC(CS(C)=O)NCc1cccnc1Cl. The molecular formula is C10H15ClN2OS. The second-order valence-corrected chi connectivity index (χ2v) is 5.31. The van der Waals surface area contributed by atoms with Gasteiger partial charge < -0.3 is 5.32 Å². The monoisotopic (exact) mass is 246 g/mol. The molecule has 1 N–H and O–H groups in total. The molecular weight excluding hydrogens is 232 g/mol. The van der Waals surface area contributed by atoms with Crippen LogP contribution in [0.2, 0.25) is 5.15 Å². The molecule has 15 heavy (non-hydrogen) atoms. The number of aromatic nitrogens is 1. The fourth-order valence-electron chi connectivity index (χ4n) is 1.25. The average Bonchev–Trinajstić information content (AvgIpc) is 2.15. The topological polar surface area (TPSA) is 42.0 Å². The lowest BCUT2D eigenvalue weighted by Crippen LogP contribution is -2.30. The van der Waals surface area contributed by atoms with Crippen molar-refractivity contribution in [2.75, 3.05) is 12.0 Å².